The van der Waals surface area contributed by atoms with Crippen molar-refractivity contribution in [1.82, 2.24) is 0 Å². The molecule has 2 N–H and O–H groups in total. The lowest BCUT2D eigenvalue weighted by molar-refractivity contribution is -0.114. The Balaban J connectivity index is 2.21. The highest BCUT2D eigenvalue weighted by molar-refractivity contribution is 7.82. The molecule has 2 rings (SSSR count). The number of thiol groups is 1. The van der Waals surface area contributed by atoms with Gasteiger partial charge in [-0.15, -0.1) is 0 Å². The number of carbonyl (C=O) groups is 2. The lowest BCUT2D eigenvalue weighted by Gasteiger charge is -2.19. The second kappa shape index (κ2) is 8.53. The summed E-state index contributed by atoms with van der Waals surface area (Å²) in [6.45, 7) is 3.16. The Labute approximate surface area is 167 Å². The molecule has 2 aromatic rings. The fraction of sp³-hybridized carbons (Fsp3) is 0.176. The minimum Gasteiger partial charge on any atom is -0.493 e. The van der Waals surface area contributed by atoms with E-state index >= 15 is 0 Å². The maximum Gasteiger partial charge on any atom is 0.336 e. The number of methoxy groups -OCH3 is 1. The first kappa shape index (κ1) is 20.2. The molecule has 0 spiro atoms. The summed E-state index contributed by atoms with van der Waals surface area (Å²) in [7, 11) is 1.45. The molecule has 0 fully saturated rings. The summed E-state index contributed by atoms with van der Waals surface area (Å²) in [4.78, 5) is 23.5. The average molecular weight is 414 g/mol. The van der Waals surface area contributed by atoms with Crippen molar-refractivity contribution in [1.29, 1.82) is 0 Å². The number of nitrogens with one attached hydrogen (secondary N) is 2. The van der Waals surface area contributed by atoms with Gasteiger partial charge in [0.25, 0.3) is 0 Å². The van der Waals surface area contributed by atoms with Crippen LogP contribution in [0.2, 0.25) is 10.0 Å². The maximum absolute atomic E-state index is 12.5. The molecule has 0 aliphatic rings. The molecule has 0 aliphatic heterocycles. The van der Waals surface area contributed by atoms with E-state index in [1.54, 1.807) is 37.3 Å². The molecule has 0 heterocycles. The number of halogens is 2. The van der Waals surface area contributed by atoms with Crippen molar-refractivity contribution < 1.29 is 14.3 Å². The Morgan fingerprint density at radius 2 is 1.77 bits per heavy atom. The predicted molar refractivity (Wildman–Crippen MR) is 109 cm³/mol. The van der Waals surface area contributed by atoms with Gasteiger partial charge in [-0.05, 0) is 42.8 Å². The van der Waals surface area contributed by atoms with Gasteiger partial charge in [0.1, 0.15) is 0 Å². The van der Waals surface area contributed by atoms with Crippen molar-refractivity contribution in [2.24, 2.45) is 0 Å². The third-order valence-electron chi connectivity index (χ3n) is 3.47. The zero-order valence-corrected chi connectivity index (χ0v) is 16.7. The number of amides is 3. The summed E-state index contributed by atoms with van der Waals surface area (Å²) in [5.41, 5.74) is 2.09. The zero-order chi connectivity index (χ0) is 19.4. The maximum atomic E-state index is 12.5. The standard InChI is InChI=1S/C17H17Cl2N3O3S/c1-9-13(18)8-14(16(25-3)15(9)19)21-17(24)22(26)12-6-4-11(5-7-12)20-10(2)23/h4-8,26H,1-3H3,(H,20,23)(H,21,24). The molecule has 0 atom stereocenters. The number of nitrogens with zero attached hydrogens (tertiary/aromatic N) is 1. The number of benzene rings is 2. The van der Waals surface area contributed by atoms with Gasteiger partial charge in [-0.25, -0.2) is 9.10 Å². The second-order valence-corrected chi connectivity index (χ2v) is 6.53. The number of hydrogen-bond acceptors (Lipinski definition) is 4. The molecule has 6 nitrogen and oxygen atoms in total. The molecular weight excluding hydrogens is 397 g/mol. The van der Waals surface area contributed by atoms with Crippen molar-refractivity contribution in [3.05, 3.63) is 45.9 Å². The highest BCUT2D eigenvalue weighted by Gasteiger charge is 2.19. The Morgan fingerprint density at radius 1 is 1.15 bits per heavy atom. The fourth-order valence-corrected chi connectivity index (χ4v) is 2.88. The Bertz CT molecular complexity index is 844. The van der Waals surface area contributed by atoms with E-state index in [4.69, 9.17) is 27.9 Å². The summed E-state index contributed by atoms with van der Waals surface area (Å²) < 4.78 is 6.37. The van der Waals surface area contributed by atoms with Gasteiger partial charge < -0.3 is 15.4 Å². The predicted octanol–water partition coefficient (Wildman–Crippen LogP) is 5.15. The van der Waals surface area contributed by atoms with Crippen LogP contribution in [0.25, 0.3) is 0 Å². The highest BCUT2D eigenvalue weighted by Crippen LogP contribution is 2.39. The van der Waals surface area contributed by atoms with Crippen LogP contribution in [0.15, 0.2) is 30.3 Å². The molecule has 0 bridgehead atoms. The molecular formula is C17H17Cl2N3O3S. The molecule has 2 aromatic carbocycles. The second-order valence-electron chi connectivity index (χ2n) is 5.35. The van der Waals surface area contributed by atoms with Crippen LogP contribution in [0, 0.1) is 6.92 Å². The molecule has 9 heteroatoms. The quantitative estimate of drug-likeness (QED) is 0.606. The van der Waals surface area contributed by atoms with E-state index in [1.165, 1.54) is 14.0 Å². The Morgan fingerprint density at radius 3 is 2.31 bits per heavy atom. The number of carbonyl (C=O) groups excluding carboxylic acids is 2. The lowest BCUT2D eigenvalue weighted by Crippen LogP contribution is -2.27. The van der Waals surface area contributed by atoms with Gasteiger partial charge in [0.05, 0.1) is 23.5 Å². The van der Waals surface area contributed by atoms with Crippen molar-refractivity contribution in [3.8, 4) is 5.75 Å². The summed E-state index contributed by atoms with van der Waals surface area (Å²) in [5, 5.41) is 6.03. The molecule has 0 unspecified atom stereocenters. The Hall–Kier alpha value is -2.09. The van der Waals surface area contributed by atoms with Crippen LogP contribution in [0.4, 0.5) is 21.9 Å². The van der Waals surface area contributed by atoms with Gasteiger partial charge in [-0.2, -0.15) is 0 Å². The van der Waals surface area contributed by atoms with Crippen molar-refractivity contribution >= 4 is 65.0 Å². The van der Waals surface area contributed by atoms with Crippen molar-refractivity contribution in [3.63, 3.8) is 0 Å². The number of urea groups is 1. The van der Waals surface area contributed by atoms with Crippen molar-refractivity contribution in [2.45, 2.75) is 13.8 Å². The number of hydrogen-bond donors (Lipinski definition) is 3. The highest BCUT2D eigenvalue weighted by atomic mass is 35.5. The van der Waals surface area contributed by atoms with Gasteiger partial charge >= 0.3 is 6.03 Å². The average Bonchev–Trinajstić information content (AvgIpc) is 2.59. The van der Waals surface area contributed by atoms with Gasteiger partial charge in [0, 0.05) is 17.6 Å². The van der Waals surface area contributed by atoms with E-state index in [1.807, 2.05) is 0 Å². The number of ether oxygens (including phenoxy) is 1. The van der Waals surface area contributed by atoms with Gasteiger partial charge in [-0.1, -0.05) is 36.0 Å². The van der Waals surface area contributed by atoms with E-state index in [9.17, 15) is 9.59 Å². The Kier molecular flexibility index (Phi) is 6.63. The van der Waals surface area contributed by atoms with Gasteiger partial charge in [0.2, 0.25) is 5.91 Å². The minimum absolute atomic E-state index is 0.182. The van der Waals surface area contributed by atoms with Crippen LogP contribution in [0.1, 0.15) is 12.5 Å². The van der Waals surface area contributed by atoms with E-state index in [2.05, 4.69) is 23.4 Å². The number of anilines is 3. The first-order chi connectivity index (χ1) is 12.2. The van der Waals surface area contributed by atoms with Crippen LogP contribution in [0.5, 0.6) is 5.75 Å². The van der Waals surface area contributed by atoms with Crippen LogP contribution < -0.4 is 19.7 Å². The van der Waals surface area contributed by atoms with Crippen LogP contribution >= 0.6 is 36.0 Å². The van der Waals surface area contributed by atoms with Gasteiger partial charge in [-0.3, -0.25) is 4.79 Å². The summed E-state index contributed by atoms with van der Waals surface area (Å²) in [6, 6.07) is 7.63. The van der Waals surface area contributed by atoms with Crippen LogP contribution in [0.3, 0.4) is 0 Å². The van der Waals surface area contributed by atoms with E-state index in [0.717, 1.165) is 4.31 Å². The molecule has 138 valence electrons. The molecule has 0 aliphatic carbocycles. The van der Waals surface area contributed by atoms with E-state index < -0.39 is 6.03 Å². The third kappa shape index (κ3) is 4.55. The smallest absolute Gasteiger partial charge is 0.336 e. The van der Waals surface area contributed by atoms with Crippen molar-refractivity contribution in [2.75, 3.05) is 22.0 Å². The monoisotopic (exact) mass is 413 g/mol. The van der Waals surface area contributed by atoms with E-state index in [0.29, 0.717) is 38.4 Å². The SMILES string of the molecule is COc1c(NC(=O)N(S)c2ccc(NC(C)=O)cc2)cc(Cl)c(C)c1Cl. The van der Waals surface area contributed by atoms with Gasteiger partial charge in [0.15, 0.2) is 5.75 Å². The first-order valence-corrected chi connectivity index (χ1v) is 8.60. The first-order valence-electron chi connectivity index (χ1n) is 7.44. The molecule has 0 radical (unpaired) electrons. The molecule has 0 saturated heterocycles. The largest absolute Gasteiger partial charge is 0.493 e. The minimum atomic E-state index is -0.533. The lowest BCUT2D eigenvalue weighted by atomic mass is 10.2. The third-order valence-corrected chi connectivity index (χ3v) is 4.73. The molecule has 26 heavy (non-hydrogen) atoms. The van der Waals surface area contributed by atoms with Crippen LogP contribution in [-0.4, -0.2) is 19.0 Å². The summed E-state index contributed by atoms with van der Waals surface area (Å²) in [5.74, 6) is 0.128. The zero-order valence-electron chi connectivity index (χ0n) is 14.3. The normalized spacial score (nSPS) is 10.2. The molecule has 0 aromatic heterocycles. The molecule has 0 saturated carbocycles. The van der Waals surface area contributed by atoms with Crippen LogP contribution in [-0.2, 0) is 4.79 Å². The topological polar surface area (TPSA) is 70.7 Å². The van der Waals surface area contributed by atoms with E-state index in [-0.39, 0.29) is 5.91 Å². The fourth-order valence-electron chi connectivity index (χ4n) is 2.16. The summed E-state index contributed by atoms with van der Waals surface area (Å²) >= 11 is 16.6. The number of rotatable bonds is 4. The summed E-state index contributed by atoms with van der Waals surface area (Å²) in [6.07, 6.45) is 0. The molecule has 3 amide bonds.